The van der Waals surface area contributed by atoms with Crippen molar-refractivity contribution >= 4 is 23.6 Å². The van der Waals surface area contributed by atoms with E-state index < -0.39 is 6.03 Å². The zero-order chi connectivity index (χ0) is 13.8. The first-order valence-corrected chi connectivity index (χ1v) is 7.03. The molecule has 0 radical (unpaired) electrons. The predicted octanol–water partition coefficient (Wildman–Crippen LogP) is 2.62. The molecule has 1 aliphatic rings. The highest BCUT2D eigenvalue weighted by Gasteiger charge is 2.21. The average Bonchev–Trinajstić information content (AvgIpc) is 2.91. The number of primary amides is 1. The van der Waals surface area contributed by atoms with Crippen molar-refractivity contribution in [3.8, 4) is 0 Å². The Hall–Kier alpha value is -1.75. The summed E-state index contributed by atoms with van der Waals surface area (Å²) in [6, 6.07) is 6.58. The third-order valence-electron chi connectivity index (χ3n) is 3.04. The molecule has 1 aliphatic heterocycles. The lowest BCUT2D eigenvalue weighted by Crippen LogP contribution is -2.31. The van der Waals surface area contributed by atoms with E-state index >= 15 is 0 Å². The minimum absolute atomic E-state index is 0.00650. The molecule has 100 valence electrons. The van der Waals surface area contributed by atoms with Crippen LogP contribution in [-0.4, -0.2) is 17.1 Å². The van der Waals surface area contributed by atoms with Crippen molar-refractivity contribution in [2.45, 2.75) is 24.6 Å². The lowest BCUT2D eigenvalue weighted by Gasteiger charge is -2.13. The van der Waals surface area contributed by atoms with Gasteiger partial charge in [0.1, 0.15) is 0 Å². The number of benzene rings is 1. The molecule has 0 saturated heterocycles. The Morgan fingerprint density at radius 3 is 2.58 bits per heavy atom. The van der Waals surface area contributed by atoms with Crippen LogP contribution in [0.3, 0.4) is 0 Å². The molecule has 0 bridgehead atoms. The van der Waals surface area contributed by atoms with Crippen LogP contribution in [0.25, 0.3) is 0 Å². The quantitative estimate of drug-likeness (QED) is 0.830. The number of nitrogens with two attached hydrogens (primary N) is 1. The van der Waals surface area contributed by atoms with Crippen molar-refractivity contribution < 1.29 is 9.59 Å². The van der Waals surface area contributed by atoms with E-state index in [1.54, 1.807) is 23.9 Å². The van der Waals surface area contributed by atoms with Gasteiger partial charge in [0.05, 0.1) is 11.3 Å². The van der Waals surface area contributed by atoms with Crippen LogP contribution in [0, 0.1) is 0 Å². The number of urea groups is 1. The van der Waals surface area contributed by atoms with Crippen LogP contribution in [0.5, 0.6) is 0 Å². The molecular formula is C14H16N2O2S. The van der Waals surface area contributed by atoms with Crippen molar-refractivity contribution in [1.29, 1.82) is 0 Å². The van der Waals surface area contributed by atoms with E-state index in [-0.39, 0.29) is 17.1 Å². The normalized spacial score (nSPS) is 19.1. The number of carbonyl (C=O) groups excluding carboxylic acids is 2. The summed E-state index contributed by atoms with van der Waals surface area (Å²) in [4.78, 5) is 22.9. The van der Waals surface area contributed by atoms with Gasteiger partial charge < -0.3 is 11.1 Å². The summed E-state index contributed by atoms with van der Waals surface area (Å²) in [5, 5.41) is 4.58. The van der Waals surface area contributed by atoms with Crippen molar-refractivity contribution in [1.82, 2.24) is 5.32 Å². The molecule has 19 heavy (non-hydrogen) atoms. The Morgan fingerprint density at radius 2 is 2.05 bits per heavy atom. The second-order valence-corrected chi connectivity index (χ2v) is 5.56. The third-order valence-corrected chi connectivity index (χ3v) is 4.12. The Bertz CT molecular complexity index is 503. The van der Waals surface area contributed by atoms with E-state index in [2.05, 4.69) is 5.32 Å². The molecule has 0 fully saturated rings. The van der Waals surface area contributed by atoms with Crippen molar-refractivity contribution in [3.05, 3.63) is 46.9 Å². The second kappa shape index (κ2) is 5.93. The maximum atomic E-state index is 12.2. The molecule has 5 heteroatoms. The Morgan fingerprint density at radius 1 is 1.37 bits per heavy atom. The van der Waals surface area contributed by atoms with Gasteiger partial charge in [-0.05, 0) is 24.3 Å². The molecule has 2 unspecified atom stereocenters. The smallest absolute Gasteiger partial charge is 0.312 e. The van der Waals surface area contributed by atoms with Gasteiger partial charge in [-0.3, -0.25) is 4.79 Å². The molecule has 2 amide bonds. The van der Waals surface area contributed by atoms with Crippen LogP contribution in [-0.2, 0) is 0 Å². The highest BCUT2D eigenvalue weighted by molar-refractivity contribution is 8.03. The number of amides is 2. The molecule has 1 aromatic rings. The molecule has 3 N–H and O–H groups in total. The second-order valence-electron chi connectivity index (χ2n) is 4.45. The monoisotopic (exact) mass is 276 g/mol. The topological polar surface area (TPSA) is 72.2 Å². The van der Waals surface area contributed by atoms with Crippen LogP contribution in [0.4, 0.5) is 4.79 Å². The SMILES string of the molecule is CC(NC(N)=O)c1ccc(C(=O)C2CC=CS2)cc1. The Labute approximate surface area is 116 Å². The summed E-state index contributed by atoms with van der Waals surface area (Å²) < 4.78 is 0. The van der Waals surface area contributed by atoms with Crippen LogP contribution in [0.15, 0.2) is 35.7 Å². The molecule has 2 atom stereocenters. The summed E-state index contributed by atoms with van der Waals surface area (Å²) in [5.41, 5.74) is 6.71. The molecule has 2 rings (SSSR count). The molecule has 1 aromatic carbocycles. The van der Waals surface area contributed by atoms with Crippen molar-refractivity contribution in [3.63, 3.8) is 0 Å². The van der Waals surface area contributed by atoms with Crippen molar-refractivity contribution in [2.24, 2.45) is 5.73 Å². The van der Waals surface area contributed by atoms with Gasteiger partial charge >= 0.3 is 6.03 Å². The maximum absolute atomic E-state index is 12.2. The lowest BCUT2D eigenvalue weighted by atomic mass is 10.0. The number of thioether (sulfide) groups is 1. The standard InChI is InChI=1S/C14H16N2O2S/c1-9(16-14(15)18)10-4-6-11(7-5-10)13(17)12-3-2-8-19-12/h2,4-9,12H,3H2,1H3,(H3,15,16,18). The van der Waals surface area contributed by atoms with E-state index in [1.807, 2.05) is 30.5 Å². The van der Waals surface area contributed by atoms with Gasteiger partial charge in [-0.25, -0.2) is 4.79 Å². The first kappa shape index (κ1) is 13.7. The molecular weight excluding hydrogens is 260 g/mol. The Balaban J connectivity index is 2.05. The van der Waals surface area contributed by atoms with E-state index in [0.29, 0.717) is 5.56 Å². The highest BCUT2D eigenvalue weighted by Crippen LogP contribution is 2.27. The number of Topliss-reactive ketones (excluding diaryl/α,β-unsaturated/α-hetero) is 1. The summed E-state index contributed by atoms with van der Waals surface area (Å²) in [5.74, 6) is 0.150. The first-order chi connectivity index (χ1) is 9.08. The number of nitrogens with one attached hydrogen (secondary N) is 1. The predicted molar refractivity (Wildman–Crippen MR) is 77.0 cm³/mol. The zero-order valence-corrected chi connectivity index (χ0v) is 11.4. The average molecular weight is 276 g/mol. The van der Waals surface area contributed by atoms with Crippen LogP contribution >= 0.6 is 11.8 Å². The summed E-state index contributed by atoms with van der Waals surface area (Å²) in [6.45, 7) is 1.85. The largest absolute Gasteiger partial charge is 0.352 e. The molecule has 0 aliphatic carbocycles. The minimum Gasteiger partial charge on any atom is -0.352 e. The number of ketones is 1. The molecule has 4 nitrogen and oxygen atoms in total. The van der Waals surface area contributed by atoms with Crippen LogP contribution in [0.2, 0.25) is 0 Å². The number of carbonyl (C=O) groups is 2. The molecule has 0 saturated carbocycles. The zero-order valence-electron chi connectivity index (χ0n) is 10.6. The number of hydrogen-bond donors (Lipinski definition) is 2. The van der Waals surface area contributed by atoms with Gasteiger partial charge in [0.25, 0.3) is 0 Å². The number of rotatable bonds is 4. The first-order valence-electron chi connectivity index (χ1n) is 6.08. The van der Waals surface area contributed by atoms with Gasteiger partial charge in [0.15, 0.2) is 5.78 Å². The highest BCUT2D eigenvalue weighted by atomic mass is 32.2. The fourth-order valence-electron chi connectivity index (χ4n) is 1.97. The summed E-state index contributed by atoms with van der Waals surface area (Å²) in [7, 11) is 0. The fraction of sp³-hybridized carbons (Fsp3) is 0.286. The van der Waals surface area contributed by atoms with Crippen LogP contribution < -0.4 is 11.1 Å². The number of hydrogen-bond acceptors (Lipinski definition) is 3. The summed E-state index contributed by atoms with van der Waals surface area (Å²) in [6.07, 6.45) is 2.81. The van der Waals surface area contributed by atoms with Gasteiger partial charge in [0, 0.05) is 5.56 Å². The van der Waals surface area contributed by atoms with Gasteiger partial charge in [-0.2, -0.15) is 0 Å². The summed E-state index contributed by atoms with van der Waals surface area (Å²) >= 11 is 1.56. The molecule has 0 aromatic heterocycles. The van der Waals surface area contributed by atoms with Gasteiger partial charge in [-0.15, -0.1) is 11.8 Å². The lowest BCUT2D eigenvalue weighted by molar-refractivity contribution is 0.0990. The van der Waals surface area contributed by atoms with Gasteiger partial charge in [-0.1, -0.05) is 30.3 Å². The van der Waals surface area contributed by atoms with E-state index in [4.69, 9.17) is 5.73 Å². The van der Waals surface area contributed by atoms with Gasteiger partial charge in [0.2, 0.25) is 0 Å². The van der Waals surface area contributed by atoms with E-state index in [9.17, 15) is 9.59 Å². The van der Waals surface area contributed by atoms with Crippen LogP contribution in [0.1, 0.15) is 35.3 Å². The van der Waals surface area contributed by atoms with E-state index in [1.165, 1.54) is 0 Å². The Kier molecular flexibility index (Phi) is 4.27. The molecule has 1 heterocycles. The minimum atomic E-state index is -0.555. The maximum Gasteiger partial charge on any atom is 0.312 e. The number of allylic oxidation sites excluding steroid dienone is 1. The fourth-order valence-corrected chi connectivity index (χ4v) is 2.87. The van der Waals surface area contributed by atoms with E-state index in [0.717, 1.165) is 12.0 Å². The van der Waals surface area contributed by atoms with Crippen molar-refractivity contribution in [2.75, 3.05) is 0 Å². The third kappa shape index (κ3) is 3.38. The molecule has 0 spiro atoms.